The zero-order valence-electron chi connectivity index (χ0n) is 18.8. The Balaban J connectivity index is 1.55. The fraction of sp³-hybridized carbons (Fsp3) is 0.214. The largest absolute Gasteiger partial charge is 0.362 e. The third kappa shape index (κ3) is 4.67. The van der Waals surface area contributed by atoms with Gasteiger partial charge in [-0.25, -0.2) is 4.98 Å². The van der Waals surface area contributed by atoms with Gasteiger partial charge in [0.25, 0.3) is 0 Å². The van der Waals surface area contributed by atoms with Gasteiger partial charge in [-0.1, -0.05) is 66.7 Å². The molecule has 166 valence electrons. The van der Waals surface area contributed by atoms with Gasteiger partial charge in [-0.3, -0.25) is 4.79 Å². The highest BCUT2D eigenvalue weighted by molar-refractivity contribution is 5.76. The predicted molar refractivity (Wildman–Crippen MR) is 132 cm³/mol. The van der Waals surface area contributed by atoms with Gasteiger partial charge in [0.1, 0.15) is 5.82 Å². The number of aromatic amines is 1. The number of imidazole rings is 1. The molecule has 5 nitrogen and oxygen atoms in total. The number of nitrogens with zero attached hydrogens (tertiary/aromatic N) is 3. The van der Waals surface area contributed by atoms with Crippen LogP contribution in [0.1, 0.15) is 23.9 Å². The summed E-state index contributed by atoms with van der Waals surface area (Å²) in [4.78, 5) is 24.9. The molecule has 1 amide bonds. The van der Waals surface area contributed by atoms with E-state index in [0.29, 0.717) is 13.1 Å². The maximum absolute atomic E-state index is 12.8. The maximum atomic E-state index is 12.8. The first-order valence-corrected chi connectivity index (χ1v) is 11.4. The second-order valence-electron chi connectivity index (χ2n) is 8.62. The zero-order chi connectivity index (χ0) is 22.6. The lowest BCUT2D eigenvalue weighted by Gasteiger charge is -2.32. The van der Waals surface area contributed by atoms with Crippen molar-refractivity contribution in [2.75, 3.05) is 11.4 Å². The summed E-state index contributed by atoms with van der Waals surface area (Å²) in [7, 11) is 0. The van der Waals surface area contributed by atoms with Crippen molar-refractivity contribution in [3.05, 3.63) is 108 Å². The van der Waals surface area contributed by atoms with E-state index in [9.17, 15) is 4.79 Å². The molecule has 0 unspecified atom stereocenters. The van der Waals surface area contributed by atoms with Crippen molar-refractivity contribution < 1.29 is 4.79 Å². The number of amides is 1. The summed E-state index contributed by atoms with van der Waals surface area (Å²) in [5.74, 6) is 1.02. The Morgan fingerprint density at radius 2 is 1.76 bits per heavy atom. The van der Waals surface area contributed by atoms with Crippen LogP contribution in [-0.4, -0.2) is 33.4 Å². The molecule has 5 rings (SSSR count). The highest BCUT2D eigenvalue weighted by Crippen LogP contribution is 2.33. The standard InChI is InChI=1S/C28H28N4O/c1-21(33)32-18-25-17-24(23-10-6-3-7-11-23)12-13-27(25)31(20-28-29-14-15-30-28)19-26(32)16-22-8-4-2-5-9-22/h2-15,17,26H,16,18-20H2,1H3,(H,29,30)/t26-/m1/s1. The molecule has 3 aromatic carbocycles. The Labute approximate surface area is 194 Å². The number of anilines is 1. The van der Waals surface area contributed by atoms with Gasteiger partial charge in [0.15, 0.2) is 0 Å². The van der Waals surface area contributed by atoms with Crippen LogP contribution in [0.25, 0.3) is 11.1 Å². The van der Waals surface area contributed by atoms with Crippen LogP contribution in [0.3, 0.4) is 0 Å². The number of hydrogen-bond acceptors (Lipinski definition) is 3. The molecular weight excluding hydrogens is 408 g/mol. The first-order valence-electron chi connectivity index (χ1n) is 11.4. The molecular formula is C28H28N4O. The number of H-pyrrole nitrogens is 1. The van der Waals surface area contributed by atoms with Gasteiger partial charge in [-0.15, -0.1) is 0 Å². The molecule has 1 N–H and O–H groups in total. The second-order valence-corrected chi connectivity index (χ2v) is 8.62. The van der Waals surface area contributed by atoms with Crippen molar-refractivity contribution in [2.45, 2.75) is 32.5 Å². The molecule has 1 atom stereocenters. The number of hydrogen-bond donors (Lipinski definition) is 1. The van der Waals surface area contributed by atoms with Crippen LogP contribution >= 0.6 is 0 Å². The fourth-order valence-corrected chi connectivity index (χ4v) is 4.74. The number of nitrogens with one attached hydrogen (secondary N) is 1. The molecule has 0 bridgehead atoms. The number of carbonyl (C=O) groups is 1. The van der Waals surface area contributed by atoms with Crippen LogP contribution in [0.4, 0.5) is 5.69 Å². The number of aromatic nitrogens is 2. The Hall–Kier alpha value is -3.86. The summed E-state index contributed by atoms with van der Waals surface area (Å²) < 4.78 is 0. The molecule has 0 spiro atoms. The minimum absolute atomic E-state index is 0.0624. The number of fused-ring (bicyclic) bond motifs is 1. The molecule has 0 aliphatic carbocycles. The predicted octanol–water partition coefficient (Wildman–Crippen LogP) is 5.06. The molecule has 0 fully saturated rings. The van der Waals surface area contributed by atoms with Gasteiger partial charge < -0.3 is 14.8 Å². The van der Waals surface area contributed by atoms with E-state index in [1.165, 1.54) is 11.1 Å². The van der Waals surface area contributed by atoms with Crippen molar-refractivity contribution >= 4 is 11.6 Å². The Morgan fingerprint density at radius 1 is 1.00 bits per heavy atom. The summed E-state index contributed by atoms with van der Waals surface area (Å²) in [6.07, 6.45) is 4.46. The van der Waals surface area contributed by atoms with Gasteiger partial charge in [0.2, 0.25) is 5.91 Å². The first-order chi connectivity index (χ1) is 16.2. The average molecular weight is 437 g/mol. The third-order valence-electron chi connectivity index (χ3n) is 6.35. The van der Waals surface area contributed by atoms with Gasteiger partial charge in [0, 0.05) is 38.1 Å². The van der Waals surface area contributed by atoms with Crippen LogP contribution in [0.2, 0.25) is 0 Å². The van der Waals surface area contributed by atoms with Crippen LogP contribution in [-0.2, 0) is 24.3 Å². The van der Waals surface area contributed by atoms with Crippen molar-refractivity contribution in [1.29, 1.82) is 0 Å². The van der Waals surface area contributed by atoms with E-state index < -0.39 is 0 Å². The smallest absolute Gasteiger partial charge is 0.220 e. The van der Waals surface area contributed by atoms with Gasteiger partial charge in [-0.2, -0.15) is 0 Å². The van der Waals surface area contributed by atoms with E-state index >= 15 is 0 Å². The molecule has 0 saturated heterocycles. The van der Waals surface area contributed by atoms with Crippen molar-refractivity contribution in [2.24, 2.45) is 0 Å². The molecule has 1 aliphatic rings. The van der Waals surface area contributed by atoms with Gasteiger partial charge in [0.05, 0.1) is 12.6 Å². The topological polar surface area (TPSA) is 52.2 Å². The molecule has 1 aromatic heterocycles. The van der Waals surface area contributed by atoms with E-state index in [-0.39, 0.29) is 11.9 Å². The monoisotopic (exact) mass is 436 g/mol. The zero-order valence-corrected chi connectivity index (χ0v) is 18.8. The van der Waals surface area contributed by atoms with Gasteiger partial charge in [-0.05, 0) is 40.8 Å². The van der Waals surface area contributed by atoms with Crippen molar-refractivity contribution in [3.63, 3.8) is 0 Å². The fourth-order valence-electron chi connectivity index (χ4n) is 4.74. The molecule has 5 heteroatoms. The third-order valence-corrected chi connectivity index (χ3v) is 6.35. The minimum atomic E-state index is 0.0624. The summed E-state index contributed by atoms with van der Waals surface area (Å²) in [5, 5.41) is 0. The first kappa shape index (κ1) is 21.0. The molecule has 2 heterocycles. The molecule has 33 heavy (non-hydrogen) atoms. The summed E-state index contributed by atoms with van der Waals surface area (Å²) in [6, 6.07) is 27.5. The highest BCUT2D eigenvalue weighted by atomic mass is 16.2. The highest BCUT2D eigenvalue weighted by Gasteiger charge is 2.30. The van der Waals surface area contributed by atoms with E-state index in [1.54, 1.807) is 13.1 Å². The van der Waals surface area contributed by atoms with Crippen LogP contribution < -0.4 is 4.90 Å². The lowest BCUT2D eigenvalue weighted by molar-refractivity contribution is -0.131. The van der Waals surface area contributed by atoms with Crippen molar-refractivity contribution in [1.82, 2.24) is 14.9 Å². The second kappa shape index (κ2) is 9.33. The average Bonchev–Trinajstić information content (AvgIpc) is 3.30. The van der Waals surface area contributed by atoms with Gasteiger partial charge >= 0.3 is 0 Å². The van der Waals surface area contributed by atoms with E-state index in [0.717, 1.165) is 35.6 Å². The Morgan fingerprint density at radius 3 is 2.45 bits per heavy atom. The molecule has 4 aromatic rings. The number of rotatable bonds is 5. The molecule has 0 saturated carbocycles. The number of carbonyl (C=O) groups excluding carboxylic acids is 1. The summed E-state index contributed by atoms with van der Waals surface area (Å²) in [6.45, 7) is 3.69. The molecule has 1 aliphatic heterocycles. The van der Waals surface area contributed by atoms with Crippen LogP contribution in [0.5, 0.6) is 0 Å². The maximum Gasteiger partial charge on any atom is 0.220 e. The normalized spacial score (nSPS) is 15.7. The Bertz CT molecular complexity index is 1210. The molecule has 0 radical (unpaired) electrons. The lowest BCUT2D eigenvalue weighted by atomic mass is 10.0. The summed E-state index contributed by atoms with van der Waals surface area (Å²) >= 11 is 0. The quantitative estimate of drug-likeness (QED) is 0.476. The lowest BCUT2D eigenvalue weighted by Crippen LogP contribution is -2.45. The van der Waals surface area contributed by atoms with E-state index in [4.69, 9.17) is 0 Å². The van der Waals surface area contributed by atoms with Crippen LogP contribution in [0, 0.1) is 0 Å². The summed E-state index contributed by atoms with van der Waals surface area (Å²) in [5.41, 5.74) is 5.90. The van der Waals surface area contributed by atoms with Crippen molar-refractivity contribution in [3.8, 4) is 11.1 Å². The SMILES string of the molecule is CC(=O)N1Cc2cc(-c3ccccc3)ccc2N(Cc2ncc[nH]2)C[C@H]1Cc1ccccc1. The Kier molecular flexibility index (Phi) is 5.94. The van der Waals surface area contributed by atoms with E-state index in [2.05, 4.69) is 81.6 Å². The number of benzene rings is 3. The van der Waals surface area contributed by atoms with Crippen LogP contribution in [0.15, 0.2) is 91.3 Å². The minimum Gasteiger partial charge on any atom is -0.362 e. The van der Waals surface area contributed by atoms with E-state index in [1.807, 2.05) is 23.2 Å².